The molecule has 0 aliphatic heterocycles. The molecule has 3 aromatic heterocycles. The number of nitrogens with one attached hydrogen (secondary N) is 2. The number of ether oxygens (including phenoxy) is 1. The summed E-state index contributed by atoms with van der Waals surface area (Å²) in [6.45, 7) is 5.23. The molecule has 0 aliphatic rings. The number of ketones is 1. The highest BCUT2D eigenvalue weighted by molar-refractivity contribution is 5.97. The number of benzene rings is 2. The lowest BCUT2D eigenvalue weighted by Gasteiger charge is -2.15. The van der Waals surface area contributed by atoms with Gasteiger partial charge in [-0.1, -0.05) is 13.0 Å². The van der Waals surface area contributed by atoms with Crippen molar-refractivity contribution < 1.29 is 23.4 Å². The number of H-pyrrole nitrogens is 1. The highest BCUT2D eigenvalue weighted by Crippen LogP contribution is 2.34. The number of aliphatic hydroxyl groups is 1. The zero-order valence-corrected chi connectivity index (χ0v) is 24.2. The minimum absolute atomic E-state index is 0.112. The Bertz CT molecular complexity index is 1940. The Morgan fingerprint density at radius 1 is 1.09 bits per heavy atom. The predicted molar refractivity (Wildman–Crippen MR) is 160 cm³/mol. The van der Waals surface area contributed by atoms with Gasteiger partial charge in [0.25, 0.3) is 5.56 Å². The molecule has 11 nitrogen and oxygen atoms in total. The summed E-state index contributed by atoms with van der Waals surface area (Å²) in [5, 5.41) is 20.1. The number of carbonyl (C=O) groups is 1. The summed E-state index contributed by atoms with van der Waals surface area (Å²) in [4.78, 5) is 44.0. The molecule has 3 N–H and O–H groups in total. The second-order valence-corrected chi connectivity index (χ2v) is 10.4. The van der Waals surface area contributed by atoms with Crippen molar-refractivity contribution in [3.05, 3.63) is 105 Å². The summed E-state index contributed by atoms with van der Waals surface area (Å²) in [5.41, 5.74) is -1.02. The zero-order chi connectivity index (χ0) is 31.5. The molecule has 228 valence electrons. The molecule has 5 rings (SSSR count). The van der Waals surface area contributed by atoms with Gasteiger partial charge in [-0.05, 0) is 62.2 Å². The van der Waals surface area contributed by atoms with Crippen molar-refractivity contribution in [3.63, 3.8) is 0 Å². The number of aromatic nitrogens is 5. The maximum Gasteiger partial charge on any atom is 0.335 e. The number of hydrogen-bond acceptors (Lipinski definition) is 8. The minimum Gasteiger partial charge on any atom is -0.453 e. The number of nitrogens with zero attached hydrogens (tertiary/aromatic N) is 4. The zero-order valence-electron chi connectivity index (χ0n) is 24.2. The maximum absolute atomic E-state index is 15.3. The van der Waals surface area contributed by atoms with E-state index in [4.69, 9.17) is 4.74 Å². The Kier molecular flexibility index (Phi) is 8.67. The van der Waals surface area contributed by atoms with Crippen molar-refractivity contribution in [1.29, 1.82) is 0 Å². The van der Waals surface area contributed by atoms with Crippen LogP contribution in [0.25, 0.3) is 16.7 Å². The van der Waals surface area contributed by atoms with Crippen molar-refractivity contribution >= 4 is 22.6 Å². The molecule has 5 aromatic rings. The van der Waals surface area contributed by atoms with Crippen molar-refractivity contribution in [3.8, 4) is 17.2 Å². The first-order valence-electron chi connectivity index (χ1n) is 13.9. The number of fused-ring (bicyclic) bond motifs is 1. The maximum atomic E-state index is 15.3. The van der Waals surface area contributed by atoms with Gasteiger partial charge in [0.2, 0.25) is 0 Å². The normalized spacial score (nSPS) is 12.1. The fourth-order valence-electron chi connectivity index (χ4n) is 4.67. The average Bonchev–Trinajstić information content (AvgIpc) is 3.41. The number of pyridine rings is 1. The molecule has 0 aliphatic carbocycles. The van der Waals surface area contributed by atoms with Gasteiger partial charge < -0.3 is 15.2 Å². The van der Waals surface area contributed by atoms with Crippen LogP contribution in [-0.2, 0) is 6.42 Å². The van der Waals surface area contributed by atoms with E-state index in [0.29, 0.717) is 23.3 Å². The number of halogens is 2. The first-order chi connectivity index (χ1) is 21.1. The molecule has 13 heteroatoms. The van der Waals surface area contributed by atoms with Gasteiger partial charge in [0.05, 0.1) is 18.3 Å². The van der Waals surface area contributed by atoms with E-state index in [2.05, 4.69) is 20.5 Å². The number of Topliss-reactive ketones (excluding diaryl/α,β-unsaturated/α-hetero) is 1. The van der Waals surface area contributed by atoms with E-state index in [1.165, 1.54) is 41.2 Å². The van der Waals surface area contributed by atoms with Crippen LogP contribution in [0.2, 0.25) is 0 Å². The molecule has 0 fully saturated rings. The number of aromatic amines is 1. The highest BCUT2D eigenvalue weighted by Gasteiger charge is 2.21. The SMILES string of the molecule is CC[C@H](CO)Nc1n[nH]c2nccc(Oc3ccc(CC(=O)c4cn(C(C)C)c(=O)n(-c5ccc(F)cc5)c4=O)cc3F)c12. The number of anilines is 1. The smallest absolute Gasteiger partial charge is 0.335 e. The molecule has 0 spiro atoms. The van der Waals surface area contributed by atoms with Crippen LogP contribution in [0.3, 0.4) is 0 Å². The monoisotopic (exact) mass is 604 g/mol. The molecule has 0 unspecified atom stereocenters. The van der Waals surface area contributed by atoms with E-state index in [0.717, 1.165) is 22.8 Å². The van der Waals surface area contributed by atoms with E-state index in [9.17, 15) is 23.9 Å². The van der Waals surface area contributed by atoms with Crippen LogP contribution in [0.5, 0.6) is 11.5 Å². The third-order valence-corrected chi connectivity index (χ3v) is 7.11. The minimum atomic E-state index is -0.860. The van der Waals surface area contributed by atoms with E-state index in [-0.39, 0.29) is 47.4 Å². The third kappa shape index (κ3) is 5.99. The summed E-state index contributed by atoms with van der Waals surface area (Å²) >= 11 is 0. The number of hydrogen-bond donors (Lipinski definition) is 3. The summed E-state index contributed by atoms with van der Waals surface area (Å²) in [6.07, 6.45) is 2.98. The van der Waals surface area contributed by atoms with Crippen LogP contribution in [0.4, 0.5) is 14.6 Å². The highest BCUT2D eigenvalue weighted by atomic mass is 19.1. The van der Waals surface area contributed by atoms with Crippen molar-refractivity contribution in [2.45, 2.75) is 45.7 Å². The van der Waals surface area contributed by atoms with Gasteiger partial charge >= 0.3 is 5.69 Å². The molecular formula is C31H30F2N6O5. The van der Waals surface area contributed by atoms with E-state index in [1.54, 1.807) is 19.9 Å². The molecule has 3 heterocycles. The Morgan fingerprint density at radius 2 is 1.84 bits per heavy atom. The standard InChI is InChI=1S/C31H30F2N6O5/c1-4-20(16-40)35-29-27-26(11-12-34-28(27)36-37-29)44-25-10-5-18(13-23(25)33)14-24(41)22-15-38(17(2)3)31(43)39(30(22)42)21-8-6-19(32)7-9-21/h5-13,15,17,20,40H,4,14,16H2,1-3H3,(H2,34,35,36,37)/t20-/m1/s1. The molecule has 0 radical (unpaired) electrons. The Balaban J connectivity index is 1.43. The second kappa shape index (κ2) is 12.6. The number of carbonyl (C=O) groups excluding carboxylic acids is 1. The molecule has 0 saturated carbocycles. The topological polar surface area (TPSA) is 144 Å². The van der Waals surface area contributed by atoms with Gasteiger partial charge in [-0.15, -0.1) is 0 Å². The number of aliphatic hydroxyl groups excluding tert-OH is 1. The summed E-state index contributed by atoms with van der Waals surface area (Å²) in [7, 11) is 0. The van der Waals surface area contributed by atoms with Gasteiger partial charge in [-0.2, -0.15) is 5.10 Å². The molecule has 0 amide bonds. The Morgan fingerprint density at radius 3 is 2.50 bits per heavy atom. The van der Waals surface area contributed by atoms with Gasteiger partial charge in [0.15, 0.2) is 28.8 Å². The van der Waals surface area contributed by atoms with Crippen LogP contribution < -0.4 is 21.3 Å². The molecule has 1 atom stereocenters. The average molecular weight is 605 g/mol. The van der Waals surface area contributed by atoms with Gasteiger partial charge in [-0.3, -0.25) is 19.3 Å². The Labute approximate surface area is 249 Å². The summed E-state index contributed by atoms with van der Waals surface area (Å²) in [5.74, 6) is -1.40. The quantitative estimate of drug-likeness (QED) is 0.187. The molecule has 0 bridgehead atoms. The van der Waals surface area contributed by atoms with Gasteiger partial charge in [0.1, 0.15) is 22.5 Å². The lowest BCUT2D eigenvalue weighted by atomic mass is 10.0. The molecular weight excluding hydrogens is 574 g/mol. The van der Waals surface area contributed by atoms with Crippen LogP contribution in [0.15, 0.2) is 70.5 Å². The van der Waals surface area contributed by atoms with Gasteiger partial charge in [-0.25, -0.2) is 23.1 Å². The summed E-state index contributed by atoms with van der Waals surface area (Å²) < 4.78 is 36.7. The lowest BCUT2D eigenvalue weighted by Crippen LogP contribution is -2.42. The van der Waals surface area contributed by atoms with Gasteiger partial charge in [0, 0.05) is 30.9 Å². The van der Waals surface area contributed by atoms with Crippen LogP contribution in [-0.4, -0.2) is 47.9 Å². The molecule has 2 aromatic carbocycles. The van der Waals surface area contributed by atoms with Crippen molar-refractivity contribution in [2.24, 2.45) is 0 Å². The van der Waals surface area contributed by atoms with Crippen molar-refractivity contribution in [1.82, 2.24) is 24.3 Å². The Hall–Kier alpha value is -5.17. The summed E-state index contributed by atoms with van der Waals surface area (Å²) in [6, 6.07) is 9.67. The first-order valence-corrected chi connectivity index (χ1v) is 13.9. The predicted octanol–water partition coefficient (Wildman–Crippen LogP) is 4.53. The van der Waals surface area contributed by atoms with Crippen molar-refractivity contribution in [2.75, 3.05) is 11.9 Å². The van der Waals surface area contributed by atoms with Crippen LogP contribution in [0.1, 0.15) is 49.2 Å². The number of rotatable bonds is 11. The lowest BCUT2D eigenvalue weighted by molar-refractivity contribution is 0.0990. The fraction of sp³-hybridized carbons (Fsp3) is 0.258. The van der Waals surface area contributed by atoms with E-state index >= 15 is 4.39 Å². The first kappa shape index (κ1) is 30.3. The van der Waals surface area contributed by atoms with E-state index in [1.807, 2.05) is 6.92 Å². The van der Waals surface area contributed by atoms with Crippen LogP contribution in [0, 0.1) is 11.6 Å². The second-order valence-electron chi connectivity index (χ2n) is 10.4. The van der Waals surface area contributed by atoms with E-state index < -0.39 is 34.7 Å². The molecule has 0 saturated heterocycles. The largest absolute Gasteiger partial charge is 0.453 e. The van der Waals surface area contributed by atoms with Crippen LogP contribution >= 0.6 is 0 Å². The third-order valence-electron chi connectivity index (χ3n) is 7.11. The fourth-order valence-corrected chi connectivity index (χ4v) is 4.67. The molecule has 44 heavy (non-hydrogen) atoms.